The SMILES string of the molecule is O=Cc1ccc2c(c1)C[C@@H](F)CO2. The van der Waals surface area contributed by atoms with E-state index in [1.165, 1.54) is 0 Å². The van der Waals surface area contributed by atoms with E-state index in [4.69, 9.17) is 4.74 Å². The summed E-state index contributed by atoms with van der Waals surface area (Å²) in [5.74, 6) is 0.694. The molecule has 1 aromatic rings. The zero-order valence-corrected chi connectivity index (χ0v) is 7.00. The van der Waals surface area contributed by atoms with Gasteiger partial charge in [0.05, 0.1) is 0 Å². The molecule has 3 heteroatoms. The highest BCUT2D eigenvalue weighted by Crippen LogP contribution is 2.26. The molecule has 1 aromatic carbocycles. The summed E-state index contributed by atoms with van der Waals surface area (Å²) < 4.78 is 18.0. The van der Waals surface area contributed by atoms with Crippen LogP contribution in [0.2, 0.25) is 0 Å². The van der Waals surface area contributed by atoms with Gasteiger partial charge in [-0.2, -0.15) is 0 Å². The number of carbonyl (C=O) groups excluding carboxylic acids is 1. The Morgan fingerprint density at radius 2 is 2.38 bits per heavy atom. The van der Waals surface area contributed by atoms with Crippen LogP contribution in [-0.2, 0) is 6.42 Å². The van der Waals surface area contributed by atoms with E-state index >= 15 is 0 Å². The molecule has 2 rings (SSSR count). The van der Waals surface area contributed by atoms with E-state index in [0.29, 0.717) is 17.7 Å². The second-order valence-corrected chi connectivity index (χ2v) is 3.10. The van der Waals surface area contributed by atoms with Crippen LogP contribution in [0.15, 0.2) is 18.2 Å². The van der Waals surface area contributed by atoms with Gasteiger partial charge in [-0.05, 0) is 23.8 Å². The van der Waals surface area contributed by atoms with Gasteiger partial charge in [-0.15, -0.1) is 0 Å². The number of fused-ring (bicyclic) bond motifs is 1. The number of ether oxygens (including phenoxy) is 1. The smallest absolute Gasteiger partial charge is 0.150 e. The number of carbonyl (C=O) groups is 1. The Kier molecular flexibility index (Phi) is 2.00. The zero-order valence-electron chi connectivity index (χ0n) is 7.00. The Labute approximate surface area is 75.3 Å². The van der Waals surface area contributed by atoms with Crippen molar-refractivity contribution in [2.75, 3.05) is 6.61 Å². The molecule has 13 heavy (non-hydrogen) atoms. The number of rotatable bonds is 1. The van der Waals surface area contributed by atoms with Crippen LogP contribution in [0.25, 0.3) is 0 Å². The number of benzene rings is 1. The van der Waals surface area contributed by atoms with Crippen LogP contribution >= 0.6 is 0 Å². The quantitative estimate of drug-likeness (QED) is 0.615. The summed E-state index contributed by atoms with van der Waals surface area (Å²) in [5, 5.41) is 0. The molecule has 0 radical (unpaired) electrons. The Bertz CT molecular complexity index is 336. The molecule has 0 aliphatic carbocycles. The second kappa shape index (κ2) is 3.17. The third-order valence-electron chi connectivity index (χ3n) is 2.08. The summed E-state index contributed by atoms with van der Waals surface area (Å²) in [6.07, 6.45) is 0.147. The number of aldehydes is 1. The molecule has 68 valence electrons. The van der Waals surface area contributed by atoms with Gasteiger partial charge in [0.2, 0.25) is 0 Å². The number of hydrogen-bond acceptors (Lipinski definition) is 2. The summed E-state index contributed by atoms with van der Waals surface area (Å²) >= 11 is 0. The molecule has 2 nitrogen and oxygen atoms in total. The van der Waals surface area contributed by atoms with E-state index in [1.807, 2.05) is 0 Å². The average molecular weight is 180 g/mol. The first-order valence-electron chi connectivity index (χ1n) is 4.14. The Morgan fingerprint density at radius 1 is 1.54 bits per heavy atom. The van der Waals surface area contributed by atoms with Crippen LogP contribution in [0.3, 0.4) is 0 Å². The molecular formula is C10H9FO2. The first-order valence-corrected chi connectivity index (χ1v) is 4.14. The normalized spacial score (nSPS) is 20.2. The van der Waals surface area contributed by atoms with Crippen LogP contribution in [0.4, 0.5) is 4.39 Å². The lowest BCUT2D eigenvalue weighted by Crippen LogP contribution is -2.21. The number of hydrogen-bond donors (Lipinski definition) is 0. The van der Waals surface area contributed by atoms with Crippen molar-refractivity contribution in [3.63, 3.8) is 0 Å². The molecule has 0 fully saturated rings. The first kappa shape index (κ1) is 8.23. The largest absolute Gasteiger partial charge is 0.490 e. The fraction of sp³-hybridized carbons (Fsp3) is 0.300. The standard InChI is InChI=1S/C10H9FO2/c11-9-4-8-3-7(5-12)1-2-10(8)13-6-9/h1-3,5,9H,4,6H2/t9-/m1/s1. The van der Waals surface area contributed by atoms with Crippen molar-refractivity contribution in [2.45, 2.75) is 12.6 Å². The number of alkyl halides is 1. The lowest BCUT2D eigenvalue weighted by atomic mass is 10.0. The minimum atomic E-state index is -0.950. The lowest BCUT2D eigenvalue weighted by molar-refractivity contribution is 0.112. The van der Waals surface area contributed by atoms with Gasteiger partial charge in [-0.3, -0.25) is 4.79 Å². The van der Waals surface area contributed by atoms with E-state index in [0.717, 1.165) is 11.8 Å². The van der Waals surface area contributed by atoms with Gasteiger partial charge in [-0.25, -0.2) is 4.39 Å². The van der Waals surface area contributed by atoms with E-state index < -0.39 is 6.17 Å². The second-order valence-electron chi connectivity index (χ2n) is 3.10. The highest BCUT2D eigenvalue weighted by Gasteiger charge is 2.18. The van der Waals surface area contributed by atoms with E-state index in [2.05, 4.69) is 0 Å². The zero-order chi connectivity index (χ0) is 9.26. The Morgan fingerprint density at radius 3 is 3.15 bits per heavy atom. The van der Waals surface area contributed by atoms with Crippen molar-refractivity contribution in [3.05, 3.63) is 29.3 Å². The van der Waals surface area contributed by atoms with Gasteiger partial charge in [0.1, 0.15) is 24.8 Å². The Balaban J connectivity index is 2.38. The molecule has 0 bridgehead atoms. The van der Waals surface area contributed by atoms with Crippen molar-refractivity contribution >= 4 is 6.29 Å². The summed E-state index contributed by atoms with van der Waals surface area (Å²) in [6.45, 7) is 0.118. The predicted molar refractivity (Wildman–Crippen MR) is 45.9 cm³/mol. The van der Waals surface area contributed by atoms with Crippen LogP contribution in [0, 0.1) is 0 Å². The molecule has 0 N–H and O–H groups in total. The van der Waals surface area contributed by atoms with Gasteiger partial charge in [0.25, 0.3) is 0 Å². The summed E-state index contributed by atoms with van der Waals surface area (Å²) in [7, 11) is 0. The maximum atomic E-state index is 12.9. The third-order valence-corrected chi connectivity index (χ3v) is 2.08. The maximum absolute atomic E-state index is 12.9. The molecule has 0 saturated heterocycles. The van der Waals surface area contributed by atoms with E-state index in [-0.39, 0.29) is 6.61 Å². The molecule has 0 unspecified atom stereocenters. The van der Waals surface area contributed by atoms with Crippen molar-refractivity contribution in [1.29, 1.82) is 0 Å². The average Bonchev–Trinajstić information content (AvgIpc) is 2.16. The van der Waals surface area contributed by atoms with Crippen LogP contribution in [0.1, 0.15) is 15.9 Å². The summed E-state index contributed by atoms with van der Waals surface area (Å²) in [5.41, 5.74) is 1.35. The summed E-state index contributed by atoms with van der Waals surface area (Å²) in [4.78, 5) is 10.4. The highest BCUT2D eigenvalue weighted by atomic mass is 19.1. The van der Waals surface area contributed by atoms with Crippen molar-refractivity contribution in [3.8, 4) is 5.75 Å². The maximum Gasteiger partial charge on any atom is 0.150 e. The van der Waals surface area contributed by atoms with Crippen LogP contribution < -0.4 is 4.74 Å². The number of halogens is 1. The molecule has 1 heterocycles. The highest BCUT2D eigenvalue weighted by molar-refractivity contribution is 5.75. The fourth-order valence-corrected chi connectivity index (χ4v) is 1.45. The van der Waals surface area contributed by atoms with Gasteiger partial charge < -0.3 is 4.74 Å². The van der Waals surface area contributed by atoms with Crippen molar-refractivity contribution in [1.82, 2.24) is 0 Å². The van der Waals surface area contributed by atoms with Gasteiger partial charge in [-0.1, -0.05) is 0 Å². The van der Waals surface area contributed by atoms with Crippen LogP contribution in [0.5, 0.6) is 5.75 Å². The molecule has 0 saturated carbocycles. The van der Waals surface area contributed by atoms with Gasteiger partial charge >= 0.3 is 0 Å². The molecule has 0 aromatic heterocycles. The fourth-order valence-electron chi connectivity index (χ4n) is 1.45. The molecule has 1 aliphatic heterocycles. The van der Waals surface area contributed by atoms with E-state index in [9.17, 15) is 9.18 Å². The van der Waals surface area contributed by atoms with Crippen LogP contribution in [-0.4, -0.2) is 19.1 Å². The molecule has 0 spiro atoms. The van der Waals surface area contributed by atoms with Crippen molar-refractivity contribution < 1.29 is 13.9 Å². The Hall–Kier alpha value is -1.38. The minimum Gasteiger partial charge on any atom is -0.490 e. The molecule has 0 amide bonds. The summed E-state index contributed by atoms with van der Waals surface area (Å²) in [6, 6.07) is 5.06. The first-order chi connectivity index (χ1) is 6.29. The topological polar surface area (TPSA) is 26.3 Å². The van der Waals surface area contributed by atoms with Crippen molar-refractivity contribution in [2.24, 2.45) is 0 Å². The lowest BCUT2D eigenvalue weighted by Gasteiger charge is -2.20. The molecule has 1 atom stereocenters. The minimum absolute atomic E-state index is 0.118. The van der Waals surface area contributed by atoms with Gasteiger partial charge in [0.15, 0.2) is 0 Å². The molecular weight excluding hydrogens is 171 g/mol. The monoisotopic (exact) mass is 180 g/mol. The van der Waals surface area contributed by atoms with E-state index in [1.54, 1.807) is 18.2 Å². The predicted octanol–water partition coefficient (Wildman–Crippen LogP) is 1.77. The third kappa shape index (κ3) is 1.54. The molecule has 1 aliphatic rings. The van der Waals surface area contributed by atoms with Gasteiger partial charge in [0, 0.05) is 12.0 Å².